The topological polar surface area (TPSA) is 88.4 Å². The van der Waals surface area contributed by atoms with Gasteiger partial charge >= 0.3 is 5.97 Å². The van der Waals surface area contributed by atoms with Crippen molar-refractivity contribution in [2.45, 2.75) is 12.8 Å². The minimum atomic E-state index is -0.512. The quantitative estimate of drug-likeness (QED) is 0.274. The Balaban J connectivity index is 1.56. The van der Waals surface area contributed by atoms with Crippen molar-refractivity contribution in [3.05, 3.63) is 71.8 Å². The molecule has 3 aromatic carbocycles. The number of rotatable bonds is 6. The van der Waals surface area contributed by atoms with E-state index < -0.39 is 5.91 Å². The zero-order valence-corrected chi connectivity index (χ0v) is 16.9. The van der Waals surface area contributed by atoms with Gasteiger partial charge in [-0.3, -0.25) is 9.59 Å². The molecule has 0 radical (unpaired) electrons. The van der Waals surface area contributed by atoms with Gasteiger partial charge in [-0.2, -0.15) is 5.26 Å². The second-order valence-corrected chi connectivity index (χ2v) is 7.26. The number of fused-ring (bicyclic) bond motifs is 1. The Morgan fingerprint density at radius 3 is 2.58 bits per heavy atom. The Kier molecular flexibility index (Phi) is 5.67. The van der Waals surface area contributed by atoms with Crippen LogP contribution in [0.25, 0.3) is 16.8 Å². The molecule has 0 bridgehead atoms. The number of amides is 1. The number of hydrogen-bond donors (Lipinski definition) is 1. The molecule has 1 fully saturated rings. The number of esters is 1. The number of ether oxygens (including phenoxy) is 2. The number of carbonyl (C=O) groups excluding carboxylic acids is 2. The molecule has 0 atom stereocenters. The normalized spacial score (nSPS) is 13.4. The molecule has 0 saturated heterocycles. The van der Waals surface area contributed by atoms with Gasteiger partial charge in [0, 0.05) is 11.1 Å². The van der Waals surface area contributed by atoms with Crippen molar-refractivity contribution in [3.63, 3.8) is 0 Å². The molecule has 1 saturated carbocycles. The van der Waals surface area contributed by atoms with Gasteiger partial charge in [0.05, 0.1) is 13.0 Å². The molecular formula is C25H20N2O4. The molecule has 1 aliphatic rings. The fourth-order valence-electron chi connectivity index (χ4n) is 3.21. The molecule has 6 heteroatoms. The van der Waals surface area contributed by atoms with Crippen LogP contribution < -0.4 is 14.8 Å². The summed E-state index contributed by atoms with van der Waals surface area (Å²) in [7, 11) is 1.47. The van der Waals surface area contributed by atoms with Crippen LogP contribution in [0.4, 0.5) is 5.69 Å². The third-order valence-corrected chi connectivity index (χ3v) is 5.02. The Morgan fingerprint density at radius 1 is 1.06 bits per heavy atom. The highest BCUT2D eigenvalue weighted by Gasteiger charge is 2.32. The molecule has 0 aliphatic heterocycles. The standard InChI is InChI=1S/C25H20N2O4/c1-30-23-14-16(9-12-22(23)31-25(29)18-10-11-18)13-19(15-26)24(28)27-21-8-4-6-17-5-2-3-7-20(17)21/h2-9,12-14,18H,10-11H2,1H3,(H,27,28)/b19-13+. The van der Waals surface area contributed by atoms with E-state index in [0.717, 1.165) is 23.6 Å². The molecule has 1 N–H and O–H groups in total. The largest absolute Gasteiger partial charge is 0.493 e. The smallest absolute Gasteiger partial charge is 0.314 e. The molecule has 31 heavy (non-hydrogen) atoms. The minimum absolute atomic E-state index is 0.0350. The van der Waals surface area contributed by atoms with Crippen LogP contribution in [0.3, 0.4) is 0 Å². The average molecular weight is 412 g/mol. The van der Waals surface area contributed by atoms with E-state index in [1.165, 1.54) is 13.2 Å². The Bertz CT molecular complexity index is 1230. The van der Waals surface area contributed by atoms with Crippen molar-refractivity contribution in [1.29, 1.82) is 5.26 Å². The summed E-state index contributed by atoms with van der Waals surface area (Å²) in [6.45, 7) is 0. The lowest BCUT2D eigenvalue weighted by Gasteiger charge is -2.10. The van der Waals surface area contributed by atoms with E-state index in [1.54, 1.807) is 24.3 Å². The maximum Gasteiger partial charge on any atom is 0.314 e. The van der Waals surface area contributed by atoms with Crippen molar-refractivity contribution in [2.75, 3.05) is 12.4 Å². The Labute approximate surface area is 179 Å². The number of carbonyl (C=O) groups is 2. The van der Waals surface area contributed by atoms with Crippen molar-refractivity contribution in [2.24, 2.45) is 5.92 Å². The van der Waals surface area contributed by atoms with Gasteiger partial charge in [0.15, 0.2) is 11.5 Å². The summed E-state index contributed by atoms with van der Waals surface area (Å²) in [4.78, 5) is 24.7. The summed E-state index contributed by atoms with van der Waals surface area (Å²) >= 11 is 0. The van der Waals surface area contributed by atoms with Crippen LogP contribution >= 0.6 is 0 Å². The van der Waals surface area contributed by atoms with E-state index in [-0.39, 0.29) is 17.5 Å². The zero-order valence-electron chi connectivity index (χ0n) is 16.9. The van der Waals surface area contributed by atoms with E-state index in [4.69, 9.17) is 9.47 Å². The second-order valence-electron chi connectivity index (χ2n) is 7.26. The summed E-state index contributed by atoms with van der Waals surface area (Å²) in [5.41, 5.74) is 1.15. The van der Waals surface area contributed by atoms with Crippen LogP contribution in [0.15, 0.2) is 66.2 Å². The Hall–Kier alpha value is -4.11. The first kappa shape index (κ1) is 20.2. The first-order valence-electron chi connectivity index (χ1n) is 9.89. The fraction of sp³-hybridized carbons (Fsp3) is 0.160. The summed E-state index contributed by atoms with van der Waals surface area (Å²) in [5, 5.41) is 14.2. The third-order valence-electron chi connectivity index (χ3n) is 5.02. The van der Waals surface area contributed by atoms with Gasteiger partial charge in [0.25, 0.3) is 5.91 Å². The third kappa shape index (κ3) is 4.57. The van der Waals surface area contributed by atoms with Gasteiger partial charge in [0.1, 0.15) is 11.6 Å². The summed E-state index contributed by atoms with van der Waals surface area (Å²) in [6, 6.07) is 20.1. The minimum Gasteiger partial charge on any atom is -0.493 e. The number of nitrogens with one attached hydrogen (secondary N) is 1. The lowest BCUT2D eigenvalue weighted by molar-refractivity contribution is -0.135. The molecular weight excluding hydrogens is 392 g/mol. The van der Waals surface area contributed by atoms with Gasteiger partial charge in [0.2, 0.25) is 0 Å². The monoisotopic (exact) mass is 412 g/mol. The number of anilines is 1. The van der Waals surface area contributed by atoms with E-state index in [9.17, 15) is 14.9 Å². The van der Waals surface area contributed by atoms with Gasteiger partial charge < -0.3 is 14.8 Å². The first-order chi connectivity index (χ1) is 15.1. The van der Waals surface area contributed by atoms with Crippen LogP contribution in [0.2, 0.25) is 0 Å². The number of nitriles is 1. The summed E-state index contributed by atoms with van der Waals surface area (Å²) in [6.07, 6.45) is 3.16. The van der Waals surface area contributed by atoms with Crippen molar-refractivity contribution < 1.29 is 19.1 Å². The van der Waals surface area contributed by atoms with Crippen molar-refractivity contribution in [3.8, 4) is 17.6 Å². The molecule has 1 amide bonds. The van der Waals surface area contributed by atoms with Crippen LogP contribution in [0.5, 0.6) is 11.5 Å². The highest BCUT2D eigenvalue weighted by molar-refractivity contribution is 6.12. The highest BCUT2D eigenvalue weighted by Crippen LogP contribution is 2.34. The highest BCUT2D eigenvalue weighted by atomic mass is 16.6. The maximum atomic E-state index is 12.7. The van der Waals surface area contributed by atoms with Crippen LogP contribution in [0, 0.1) is 17.2 Å². The molecule has 0 heterocycles. The van der Waals surface area contributed by atoms with Gasteiger partial charge in [-0.25, -0.2) is 0 Å². The van der Waals surface area contributed by atoms with E-state index in [2.05, 4.69) is 5.32 Å². The molecule has 0 unspecified atom stereocenters. The molecule has 6 nitrogen and oxygen atoms in total. The van der Waals surface area contributed by atoms with Gasteiger partial charge in [-0.05, 0) is 48.1 Å². The van der Waals surface area contributed by atoms with Crippen LogP contribution in [-0.4, -0.2) is 19.0 Å². The second kappa shape index (κ2) is 8.72. The number of methoxy groups -OCH3 is 1. The number of benzene rings is 3. The molecule has 154 valence electrons. The van der Waals surface area contributed by atoms with Crippen molar-refractivity contribution >= 4 is 34.4 Å². The van der Waals surface area contributed by atoms with E-state index in [1.807, 2.05) is 42.5 Å². The zero-order chi connectivity index (χ0) is 21.8. The van der Waals surface area contributed by atoms with Crippen LogP contribution in [0.1, 0.15) is 18.4 Å². The van der Waals surface area contributed by atoms with E-state index >= 15 is 0 Å². The van der Waals surface area contributed by atoms with Crippen LogP contribution in [-0.2, 0) is 9.59 Å². The summed E-state index contributed by atoms with van der Waals surface area (Å²) < 4.78 is 10.7. The molecule has 4 rings (SSSR count). The number of nitrogens with zero attached hydrogens (tertiary/aromatic N) is 1. The number of hydrogen-bond acceptors (Lipinski definition) is 5. The first-order valence-corrected chi connectivity index (χ1v) is 9.89. The maximum absolute atomic E-state index is 12.7. The molecule has 1 aliphatic carbocycles. The van der Waals surface area contributed by atoms with Crippen molar-refractivity contribution in [1.82, 2.24) is 0 Å². The fourth-order valence-corrected chi connectivity index (χ4v) is 3.21. The molecule has 0 spiro atoms. The SMILES string of the molecule is COc1cc(/C=C(\C#N)C(=O)Nc2cccc3ccccc23)ccc1OC(=O)C1CC1. The predicted molar refractivity (Wildman–Crippen MR) is 118 cm³/mol. The lowest BCUT2D eigenvalue weighted by atomic mass is 10.1. The van der Waals surface area contributed by atoms with Gasteiger partial charge in [-0.15, -0.1) is 0 Å². The van der Waals surface area contributed by atoms with Gasteiger partial charge in [-0.1, -0.05) is 42.5 Å². The molecule has 0 aromatic heterocycles. The Morgan fingerprint density at radius 2 is 1.84 bits per heavy atom. The average Bonchev–Trinajstić information content (AvgIpc) is 3.64. The summed E-state index contributed by atoms with van der Waals surface area (Å²) in [5.74, 6) is -0.146. The lowest BCUT2D eigenvalue weighted by Crippen LogP contribution is -2.13. The predicted octanol–water partition coefficient (Wildman–Crippen LogP) is 4.71. The van der Waals surface area contributed by atoms with E-state index in [0.29, 0.717) is 22.7 Å². The molecule has 3 aromatic rings.